The van der Waals surface area contributed by atoms with E-state index in [4.69, 9.17) is 4.74 Å². The largest absolute Gasteiger partial charge is 0.497 e. The first-order chi connectivity index (χ1) is 11.6. The van der Waals surface area contributed by atoms with Crippen molar-refractivity contribution in [3.63, 3.8) is 0 Å². The quantitative estimate of drug-likeness (QED) is 0.632. The van der Waals surface area contributed by atoms with E-state index in [1.807, 2.05) is 37.3 Å². The summed E-state index contributed by atoms with van der Waals surface area (Å²) in [5.74, 6) is 1.38. The topological polar surface area (TPSA) is 45.7 Å². The summed E-state index contributed by atoms with van der Waals surface area (Å²) in [7, 11) is 3.40. The summed E-state index contributed by atoms with van der Waals surface area (Å²) in [5, 5.41) is 6.54. The minimum absolute atomic E-state index is 0.194. The van der Waals surface area contributed by atoms with Gasteiger partial charge in [0.25, 0.3) is 0 Å². The number of benzene rings is 2. The maximum Gasteiger partial charge on any atom is 0.191 e. The SMILES string of the molecule is CN=C(NCCc1ccc(F)cc1C)NCc1cccc(OC)c1. The third kappa shape index (κ3) is 5.26. The smallest absolute Gasteiger partial charge is 0.191 e. The monoisotopic (exact) mass is 329 g/mol. The maximum absolute atomic E-state index is 13.1. The molecule has 0 aliphatic carbocycles. The number of halogens is 1. The van der Waals surface area contributed by atoms with E-state index in [1.54, 1.807) is 20.2 Å². The van der Waals surface area contributed by atoms with Crippen LogP contribution in [0.1, 0.15) is 16.7 Å². The van der Waals surface area contributed by atoms with Crippen LogP contribution in [0.5, 0.6) is 5.75 Å². The highest BCUT2D eigenvalue weighted by Crippen LogP contribution is 2.12. The lowest BCUT2D eigenvalue weighted by atomic mass is 10.1. The number of ether oxygens (including phenoxy) is 1. The Kier molecular flexibility index (Phi) is 6.61. The minimum atomic E-state index is -0.194. The predicted octanol–water partition coefficient (Wildman–Crippen LogP) is 3.05. The van der Waals surface area contributed by atoms with Gasteiger partial charge in [-0.1, -0.05) is 18.2 Å². The van der Waals surface area contributed by atoms with E-state index in [-0.39, 0.29) is 5.82 Å². The highest BCUT2D eigenvalue weighted by Gasteiger charge is 2.02. The summed E-state index contributed by atoms with van der Waals surface area (Å²) in [4.78, 5) is 4.22. The van der Waals surface area contributed by atoms with Crippen molar-refractivity contribution in [2.24, 2.45) is 4.99 Å². The first kappa shape index (κ1) is 17.8. The van der Waals surface area contributed by atoms with Crippen LogP contribution >= 0.6 is 0 Å². The number of rotatable bonds is 6. The Morgan fingerprint density at radius 1 is 1.17 bits per heavy atom. The molecule has 0 amide bonds. The van der Waals surface area contributed by atoms with E-state index >= 15 is 0 Å². The van der Waals surface area contributed by atoms with Gasteiger partial charge >= 0.3 is 0 Å². The van der Waals surface area contributed by atoms with E-state index in [0.717, 1.165) is 41.4 Å². The van der Waals surface area contributed by atoms with Gasteiger partial charge in [0, 0.05) is 20.1 Å². The molecule has 0 atom stereocenters. The summed E-state index contributed by atoms with van der Waals surface area (Å²) < 4.78 is 18.3. The minimum Gasteiger partial charge on any atom is -0.497 e. The second-order valence-corrected chi connectivity index (χ2v) is 5.52. The third-order valence-corrected chi connectivity index (χ3v) is 3.81. The average Bonchev–Trinajstić information content (AvgIpc) is 2.59. The molecule has 0 radical (unpaired) electrons. The van der Waals surface area contributed by atoms with E-state index in [9.17, 15) is 4.39 Å². The van der Waals surface area contributed by atoms with Crippen molar-refractivity contribution >= 4 is 5.96 Å². The van der Waals surface area contributed by atoms with Gasteiger partial charge < -0.3 is 15.4 Å². The molecular weight excluding hydrogens is 305 g/mol. The van der Waals surface area contributed by atoms with E-state index < -0.39 is 0 Å². The fourth-order valence-electron chi connectivity index (χ4n) is 2.44. The summed E-state index contributed by atoms with van der Waals surface area (Å²) in [6.45, 7) is 3.31. The van der Waals surface area contributed by atoms with E-state index in [2.05, 4.69) is 15.6 Å². The lowest BCUT2D eigenvalue weighted by Gasteiger charge is -2.13. The Labute approximate surface area is 142 Å². The zero-order chi connectivity index (χ0) is 17.4. The number of guanidine groups is 1. The predicted molar refractivity (Wildman–Crippen MR) is 96.0 cm³/mol. The molecule has 0 saturated heterocycles. The van der Waals surface area contributed by atoms with Crippen LogP contribution < -0.4 is 15.4 Å². The van der Waals surface area contributed by atoms with Gasteiger partial charge in [-0.25, -0.2) is 4.39 Å². The van der Waals surface area contributed by atoms with Crippen LogP contribution in [0.2, 0.25) is 0 Å². The van der Waals surface area contributed by atoms with Crippen molar-refractivity contribution in [2.75, 3.05) is 20.7 Å². The number of hydrogen-bond acceptors (Lipinski definition) is 2. The summed E-state index contributed by atoms with van der Waals surface area (Å²) in [5.41, 5.74) is 3.22. The third-order valence-electron chi connectivity index (χ3n) is 3.81. The molecule has 2 aromatic carbocycles. The Hall–Kier alpha value is -2.56. The van der Waals surface area contributed by atoms with Gasteiger partial charge in [-0.2, -0.15) is 0 Å². The molecule has 4 nitrogen and oxygen atoms in total. The molecule has 0 aromatic heterocycles. The highest BCUT2D eigenvalue weighted by atomic mass is 19.1. The summed E-state index contributed by atoms with van der Waals surface area (Å²) >= 11 is 0. The van der Waals surface area contributed by atoms with Gasteiger partial charge in [0.05, 0.1) is 7.11 Å². The van der Waals surface area contributed by atoms with E-state index in [0.29, 0.717) is 6.54 Å². The lowest BCUT2D eigenvalue weighted by molar-refractivity contribution is 0.414. The average molecular weight is 329 g/mol. The van der Waals surface area contributed by atoms with Gasteiger partial charge in [-0.15, -0.1) is 0 Å². The first-order valence-electron chi connectivity index (χ1n) is 7.95. The number of aryl methyl sites for hydroxylation is 1. The molecule has 0 aliphatic rings. The molecular formula is C19H24FN3O. The Morgan fingerprint density at radius 2 is 2.00 bits per heavy atom. The zero-order valence-electron chi connectivity index (χ0n) is 14.4. The molecule has 0 unspecified atom stereocenters. The normalized spacial score (nSPS) is 11.2. The molecule has 24 heavy (non-hydrogen) atoms. The Balaban J connectivity index is 1.82. The van der Waals surface area contributed by atoms with Crippen LogP contribution in [-0.4, -0.2) is 26.7 Å². The van der Waals surface area contributed by atoms with Gasteiger partial charge in [-0.3, -0.25) is 4.99 Å². The standard InChI is InChI=1S/C19H24FN3O/c1-14-11-17(20)8-7-16(14)9-10-22-19(21-2)23-13-15-5-4-6-18(12-15)24-3/h4-8,11-12H,9-10,13H2,1-3H3,(H2,21,22,23). The lowest BCUT2D eigenvalue weighted by Crippen LogP contribution is -2.37. The van der Waals surface area contributed by atoms with Crippen molar-refractivity contribution in [1.29, 1.82) is 0 Å². The highest BCUT2D eigenvalue weighted by molar-refractivity contribution is 5.79. The molecule has 0 spiro atoms. The van der Waals surface area contributed by atoms with Crippen LogP contribution in [0.25, 0.3) is 0 Å². The molecule has 0 heterocycles. The van der Waals surface area contributed by atoms with Gasteiger partial charge in [-0.05, 0) is 54.3 Å². The zero-order valence-corrected chi connectivity index (χ0v) is 14.4. The van der Waals surface area contributed by atoms with Gasteiger partial charge in [0.15, 0.2) is 5.96 Å². The Bertz CT molecular complexity index is 701. The summed E-state index contributed by atoms with van der Waals surface area (Å²) in [6, 6.07) is 12.8. The van der Waals surface area contributed by atoms with Crippen molar-refractivity contribution in [3.05, 3.63) is 65.0 Å². The molecule has 0 saturated carbocycles. The van der Waals surface area contributed by atoms with Crippen LogP contribution in [0.3, 0.4) is 0 Å². The number of nitrogens with one attached hydrogen (secondary N) is 2. The second kappa shape index (κ2) is 8.91. The molecule has 128 valence electrons. The first-order valence-corrected chi connectivity index (χ1v) is 7.95. The van der Waals surface area contributed by atoms with Crippen LogP contribution in [0.15, 0.2) is 47.5 Å². The van der Waals surface area contributed by atoms with Crippen molar-refractivity contribution in [1.82, 2.24) is 10.6 Å². The number of nitrogens with zero attached hydrogens (tertiary/aromatic N) is 1. The molecule has 2 aromatic rings. The van der Waals surface area contributed by atoms with Gasteiger partial charge in [0.1, 0.15) is 11.6 Å². The number of aliphatic imine (C=N–C) groups is 1. The summed E-state index contributed by atoms with van der Waals surface area (Å²) in [6.07, 6.45) is 0.811. The fraction of sp³-hybridized carbons (Fsp3) is 0.316. The second-order valence-electron chi connectivity index (χ2n) is 5.52. The molecule has 0 aliphatic heterocycles. The van der Waals surface area contributed by atoms with Crippen LogP contribution in [0, 0.1) is 12.7 Å². The van der Waals surface area contributed by atoms with E-state index in [1.165, 1.54) is 6.07 Å². The molecule has 0 bridgehead atoms. The molecule has 0 fully saturated rings. The van der Waals surface area contributed by atoms with Crippen LogP contribution in [-0.2, 0) is 13.0 Å². The fourth-order valence-corrected chi connectivity index (χ4v) is 2.44. The molecule has 5 heteroatoms. The Morgan fingerprint density at radius 3 is 2.71 bits per heavy atom. The number of hydrogen-bond donors (Lipinski definition) is 2. The number of methoxy groups -OCH3 is 1. The van der Waals surface area contributed by atoms with Crippen molar-refractivity contribution < 1.29 is 9.13 Å². The molecule has 2 N–H and O–H groups in total. The van der Waals surface area contributed by atoms with Crippen molar-refractivity contribution in [3.8, 4) is 5.75 Å². The molecule has 2 rings (SSSR count). The van der Waals surface area contributed by atoms with Crippen LogP contribution in [0.4, 0.5) is 4.39 Å². The maximum atomic E-state index is 13.1. The van der Waals surface area contributed by atoms with Crippen molar-refractivity contribution in [2.45, 2.75) is 19.9 Å². The van der Waals surface area contributed by atoms with Gasteiger partial charge in [0.2, 0.25) is 0 Å².